The lowest BCUT2D eigenvalue weighted by atomic mass is 9.98. The maximum absolute atomic E-state index is 12.3. The van der Waals surface area contributed by atoms with Crippen molar-refractivity contribution in [1.29, 1.82) is 0 Å². The predicted octanol–water partition coefficient (Wildman–Crippen LogP) is 3.64. The average Bonchev–Trinajstić information content (AvgIpc) is 2.94. The van der Waals surface area contributed by atoms with E-state index in [0.29, 0.717) is 13.0 Å². The van der Waals surface area contributed by atoms with Gasteiger partial charge in [-0.25, -0.2) is 4.79 Å². The van der Waals surface area contributed by atoms with Crippen LogP contribution in [0.4, 0.5) is 4.79 Å². The predicted molar refractivity (Wildman–Crippen MR) is 94.0 cm³/mol. The zero-order valence-corrected chi connectivity index (χ0v) is 14.1. The number of aliphatic hydroxyl groups is 1. The number of ether oxygens (including phenoxy) is 1. The standard InChI is InChI=1S/C20H23NO3/c1-3-14(12-22)21(2)20(23)24-13-19-17-10-6-4-8-15(17)16-9-5-7-11-18(16)19/h4-11,14,19,22H,3,12-13H2,1-2H3/t14-/m0/s1. The van der Waals surface area contributed by atoms with E-state index in [2.05, 4.69) is 24.3 Å². The van der Waals surface area contributed by atoms with Crippen molar-refractivity contribution in [3.8, 4) is 11.1 Å². The minimum atomic E-state index is -0.391. The van der Waals surface area contributed by atoms with E-state index in [1.807, 2.05) is 31.2 Å². The SMILES string of the molecule is CC[C@@H](CO)N(C)C(=O)OCC1c2ccccc2-c2ccccc21. The summed E-state index contributed by atoms with van der Waals surface area (Å²) < 4.78 is 5.56. The molecular formula is C20H23NO3. The summed E-state index contributed by atoms with van der Waals surface area (Å²) in [5.41, 5.74) is 4.82. The molecule has 0 radical (unpaired) electrons. The van der Waals surface area contributed by atoms with E-state index in [-0.39, 0.29) is 18.6 Å². The van der Waals surface area contributed by atoms with Gasteiger partial charge in [-0.05, 0) is 28.7 Å². The van der Waals surface area contributed by atoms with Crippen LogP contribution in [-0.2, 0) is 4.74 Å². The smallest absolute Gasteiger partial charge is 0.409 e. The van der Waals surface area contributed by atoms with Crippen LogP contribution < -0.4 is 0 Å². The number of likely N-dealkylation sites (N-methyl/N-ethyl adjacent to an activating group) is 1. The number of benzene rings is 2. The lowest BCUT2D eigenvalue weighted by molar-refractivity contribution is 0.0780. The minimum absolute atomic E-state index is 0.0583. The quantitative estimate of drug-likeness (QED) is 0.913. The molecule has 1 aliphatic rings. The van der Waals surface area contributed by atoms with Crippen molar-refractivity contribution in [1.82, 2.24) is 4.90 Å². The molecule has 0 saturated heterocycles. The number of fused-ring (bicyclic) bond motifs is 3. The molecule has 24 heavy (non-hydrogen) atoms. The van der Waals surface area contributed by atoms with Gasteiger partial charge in [-0.15, -0.1) is 0 Å². The molecule has 1 amide bonds. The highest BCUT2D eigenvalue weighted by atomic mass is 16.6. The van der Waals surface area contributed by atoms with E-state index >= 15 is 0 Å². The number of amides is 1. The van der Waals surface area contributed by atoms with Crippen LogP contribution in [0.1, 0.15) is 30.4 Å². The third-order valence-corrected chi connectivity index (χ3v) is 4.85. The Hall–Kier alpha value is -2.33. The van der Waals surface area contributed by atoms with Gasteiger partial charge in [0.2, 0.25) is 0 Å². The summed E-state index contributed by atoms with van der Waals surface area (Å²) in [6.07, 6.45) is 0.301. The van der Waals surface area contributed by atoms with Crippen molar-refractivity contribution in [3.05, 3.63) is 59.7 Å². The third-order valence-electron chi connectivity index (χ3n) is 4.85. The van der Waals surface area contributed by atoms with Gasteiger partial charge in [0.15, 0.2) is 0 Å². The number of hydrogen-bond donors (Lipinski definition) is 1. The van der Waals surface area contributed by atoms with Crippen LogP contribution in [0.5, 0.6) is 0 Å². The molecule has 4 nitrogen and oxygen atoms in total. The molecule has 4 heteroatoms. The fourth-order valence-corrected chi connectivity index (χ4v) is 3.37. The Morgan fingerprint density at radius 2 is 1.67 bits per heavy atom. The summed E-state index contributed by atoms with van der Waals surface area (Å²) in [6.45, 7) is 2.18. The second-order valence-electron chi connectivity index (χ2n) is 6.16. The molecule has 3 rings (SSSR count). The van der Waals surface area contributed by atoms with Crippen LogP contribution in [0.3, 0.4) is 0 Å². The average molecular weight is 325 g/mol. The fraction of sp³-hybridized carbons (Fsp3) is 0.350. The molecule has 0 aromatic heterocycles. The zero-order chi connectivity index (χ0) is 17.1. The van der Waals surface area contributed by atoms with E-state index < -0.39 is 6.09 Å². The third kappa shape index (κ3) is 2.89. The van der Waals surface area contributed by atoms with Crippen molar-refractivity contribution in [3.63, 3.8) is 0 Å². The Balaban J connectivity index is 1.77. The van der Waals surface area contributed by atoms with E-state index in [1.165, 1.54) is 27.2 Å². The Labute approximate surface area is 142 Å². The molecule has 0 aliphatic heterocycles. The molecule has 1 N–H and O–H groups in total. The van der Waals surface area contributed by atoms with E-state index in [1.54, 1.807) is 7.05 Å². The first-order chi connectivity index (χ1) is 11.7. The van der Waals surface area contributed by atoms with Crippen molar-refractivity contribution >= 4 is 6.09 Å². The van der Waals surface area contributed by atoms with Gasteiger partial charge in [0.1, 0.15) is 6.61 Å². The Morgan fingerprint density at radius 3 is 2.17 bits per heavy atom. The second-order valence-corrected chi connectivity index (χ2v) is 6.16. The number of nitrogens with zero attached hydrogens (tertiary/aromatic N) is 1. The first-order valence-corrected chi connectivity index (χ1v) is 8.36. The molecule has 1 aliphatic carbocycles. The van der Waals surface area contributed by atoms with Gasteiger partial charge in [0, 0.05) is 13.0 Å². The molecular weight excluding hydrogens is 302 g/mol. The monoisotopic (exact) mass is 325 g/mol. The minimum Gasteiger partial charge on any atom is -0.448 e. The van der Waals surface area contributed by atoms with Crippen molar-refractivity contribution in [2.75, 3.05) is 20.3 Å². The van der Waals surface area contributed by atoms with Crippen LogP contribution >= 0.6 is 0 Å². The second kappa shape index (κ2) is 7.05. The number of aliphatic hydroxyl groups excluding tert-OH is 1. The first-order valence-electron chi connectivity index (χ1n) is 8.36. The zero-order valence-electron chi connectivity index (χ0n) is 14.1. The maximum atomic E-state index is 12.3. The van der Waals surface area contributed by atoms with Gasteiger partial charge in [0.25, 0.3) is 0 Å². The van der Waals surface area contributed by atoms with Gasteiger partial charge in [-0.1, -0.05) is 55.5 Å². The summed E-state index contributed by atoms with van der Waals surface area (Å²) in [5.74, 6) is 0.0592. The van der Waals surface area contributed by atoms with Crippen molar-refractivity contribution in [2.45, 2.75) is 25.3 Å². The Morgan fingerprint density at radius 1 is 1.12 bits per heavy atom. The van der Waals surface area contributed by atoms with Crippen LogP contribution in [0, 0.1) is 0 Å². The van der Waals surface area contributed by atoms with Gasteiger partial charge in [-0.3, -0.25) is 0 Å². The van der Waals surface area contributed by atoms with E-state index in [9.17, 15) is 9.90 Å². The topological polar surface area (TPSA) is 49.8 Å². The van der Waals surface area contributed by atoms with Crippen LogP contribution in [-0.4, -0.2) is 42.4 Å². The number of rotatable bonds is 5. The Kier molecular flexibility index (Phi) is 4.86. The molecule has 0 heterocycles. The van der Waals surface area contributed by atoms with Gasteiger partial charge >= 0.3 is 6.09 Å². The molecule has 2 aromatic carbocycles. The molecule has 0 saturated carbocycles. The summed E-state index contributed by atoms with van der Waals surface area (Å²) in [4.78, 5) is 13.8. The summed E-state index contributed by atoms with van der Waals surface area (Å²) >= 11 is 0. The molecule has 0 unspecified atom stereocenters. The van der Waals surface area contributed by atoms with E-state index in [0.717, 1.165) is 0 Å². The summed E-state index contributed by atoms with van der Waals surface area (Å²) in [6, 6.07) is 16.3. The first kappa shape index (κ1) is 16.5. The number of carbonyl (C=O) groups excluding carboxylic acids is 1. The highest BCUT2D eigenvalue weighted by Crippen LogP contribution is 2.44. The summed E-state index contributed by atoms with van der Waals surface area (Å²) in [5, 5.41) is 9.34. The number of carbonyl (C=O) groups is 1. The lowest BCUT2D eigenvalue weighted by Gasteiger charge is -2.25. The van der Waals surface area contributed by atoms with Crippen LogP contribution in [0.25, 0.3) is 11.1 Å². The molecule has 0 spiro atoms. The highest BCUT2D eigenvalue weighted by molar-refractivity contribution is 5.79. The van der Waals surface area contributed by atoms with Crippen LogP contribution in [0.15, 0.2) is 48.5 Å². The molecule has 0 fully saturated rings. The van der Waals surface area contributed by atoms with Gasteiger partial charge < -0.3 is 14.7 Å². The van der Waals surface area contributed by atoms with E-state index in [4.69, 9.17) is 4.74 Å². The molecule has 2 aromatic rings. The number of hydrogen-bond acceptors (Lipinski definition) is 3. The Bertz CT molecular complexity index is 679. The fourth-order valence-electron chi connectivity index (χ4n) is 3.37. The largest absolute Gasteiger partial charge is 0.448 e. The van der Waals surface area contributed by atoms with Gasteiger partial charge in [-0.2, -0.15) is 0 Å². The normalized spacial score (nSPS) is 14.0. The molecule has 0 bridgehead atoms. The highest BCUT2D eigenvalue weighted by Gasteiger charge is 2.29. The molecule has 126 valence electrons. The van der Waals surface area contributed by atoms with Crippen LogP contribution in [0.2, 0.25) is 0 Å². The van der Waals surface area contributed by atoms with Crippen molar-refractivity contribution < 1.29 is 14.6 Å². The summed E-state index contributed by atoms with van der Waals surface area (Å²) in [7, 11) is 1.67. The molecule has 1 atom stereocenters. The lowest BCUT2D eigenvalue weighted by Crippen LogP contribution is -2.39. The van der Waals surface area contributed by atoms with Crippen molar-refractivity contribution in [2.24, 2.45) is 0 Å². The maximum Gasteiger partial charge on any atom is 0.409 e. The van der Waals surface area contributed by atoms with Gasteiger partial charge in [0.05, 0.1) is 12.6 Å².